The molecule has 0 N–H and O–H groups in total. The van der Waals surface area contributed by atoms with Crippen LogP contribution in [0.3, 0.4) is 0 Å². The highest BCUT2D eigenvalue weighted by atomic mass is 16.6. The van der Waals surface area contributed by atoms with Gasteiger partial charge >= 0.3 is 5.97 Å². The molecular formula is C17H15NO3. The number of carbonyl (C=O) groups is 1. The molecule has 0 fully saturated rings. The number of aryl methyl sites for hydroxylation is 2. The zero-order chi connectivity index (χ0) is 14.7. The van der Waals surface area contributed by atoms with E-state index in [-0.39, 0.29) is 5.70 Å². The van der Waals surface area contributed by atoms with Crippen molar-refractivity contribution in [1.29, 1.82) is 0 Å². The summed E-state index contributed by atoms with van der Waals surface area (Å²) in [6, 6.07) is 11.8. The molecule has 3 rings (SSSR count). The molecule has 0 aliphatic carbocycles. The van der Waals surface area contributed by atoms with Crippen molar-refractivity contribution in [2.45, 2.75) is 19.8 Å². The second kappa shape index (κ2) is 5.79. The number of cyclic esters (lactones) is 1. The molecule has 0 amide bonds. The molecule has 0 saturated carbocycles. The average Bonchev–Trinajstić information content (AvgIpc) is 3.10. The Morgan fingerprint density at radius 1 is 1.14 bits per heavy atom. The highest BCUT2D eigenvalue weighted by Gasteiger charge is 2.22. The van der Waals surface area contributed by atoms with Crippen LogP contribution in [-0.2, 0) is 16.0 Å². The first-order chi connectivity index (χ1) is 10.2. The van der Waals surface area contributed by atoms with Crippen LogP contribution in [0.4, 0.5) is 0 Å². The van der Waals surface area contributed by atoms with Gasteiger partial charge in [0, 0.05) is 12.5 Å². The summed E-state index contributed by atoms with van der Waals surface area (Å²) < 4.78 is 10.3. The number of nitrogens with zero attached hydrogens (tertiary/aromatic N) is 1. The Kier molecular flexibility index (Phi) is 3.69. The summed E-state index contributed by atoms with van der Waals surface area (Å²) in [5.41, 5.74) is 2.71. The number of ether oxygens (including phenoxy) is 1. The summed E-state index contributed by atoms with van der Waals surface area (Å²) >= 11 is 0. The fraction of sp³-hybridized carbons (Fsp3) is 0.176. The molecule has 0 atom stereocenters. The molecule has 0 radical (unpaired) electrons. The molecule has 1 aromatic heterocycles. The lowest BCUT2D eigenvalue weighted by Gasteiger charge is -2.01. The second-order valence-corrected chi connectivity index (χ2v) is 4.93. The van der Waals surface area contributed by atoms with Crippen molar-refractivity contribution in [1.82, 2.24) is 0 Å². The van der Waals surface area contributed by atoms with Crippen molar-refractivity contribution in [3.63, 3.8) is 0 Å². The van der Waals surface area contributed by atoms with E-state index in [1.807, 2.05) is 0 Å². The predicted molar refractivity (Wildman–Crippen MR) is 79.7 cm³/mol. The van der Waals surface area contributed by atoms with Gasteiger partial charge in [-0.15, -0.1) is 0 Å². The van der Waals surface area contributed by atoms with Gasteiger partial charge < -0.3 is 9.15 Å². The molecule has 0 unspecified atom stereocenters. The SMILES string of the molecule is Cc1ccc(CCC2=N/C(=C/c3ccco3)C(=O)O2)cc1. The van der Waals surface area contributed by atoms with E-state index in [0.717, 1.165) is 6.42 Å². The molecule has 21 heavy (non-hydrogen) atoms. The summed E-state index contributed by atoms with van der Waals surface area (Å²) in [5, 5.41) is 0. The third-order valence-corrected chi connectivity index (χ3v) is 3.24. The lowest BCUT2D eigenvalue weighted by Crippen LogP contribution is -2.05. The number of aliphatic imine (C=N–C) groups is 1. The van der Waals surface area contributed by atoms with E-state index < -0.39 is 5.97 Å². The quantitative estimate of drug-likeness (QED) is 0.636. The highest BCUT2D eigenvalue weighted by Crippen LogP contribution is 2.18. The fourth-order valence-corrected chi connectivity index (χ4v) is 2.07. The minimum Gasteiger partial charge on any atom is -0.465 e. The zero-order valence-corrected chi connectivity index (χ0v) is 11.7. The maximum atomic E-state index is 11.7. The molecule has 0 saturated heterocycles. The normalized spacial score (nSPS) is 16.1. The largest absolute Gasteiger partial charge is 0.465 e. The van der Waals surface area contributed by atoms with Crippen molar-refractivity contribution >= 4 is 17.9 Å². The number of hydrogen-bond donors (Lipinski definition) is 0. The first-order valence-corrected chi connectivity index (χ1v) is 6.81. The maximum Gasteiger partial charge on any atom is 0.363 e. The topological polar surface area (TPSA) is 51.8 Å². The van der Waals surface area contributed by atoms with Crippen molar-refractivity contribution in [3.05, 3.63) is 65.2 Å². The van der Waals surface area contributed by atoms with Crippen molar-refractivity contribution in [2.75, 3.05) is 0 Å². The van der Waals surface area contributed by atoms with Gasteiger partial charge in [-0.05, 0) is 31.0 Å². The molecule has 4 nitrogen and oxygen atoms in total. The van der Waals surface area contributed by atoms with Crippen molar-refractivity contribution in [2.24, 2.45) is 4.99 Å². The van der Waals surface area contributed by atoms with Crippen LogP contribution in [-0.4, -0.2) is 11.9 Å². The molecular weight excluding hydrogens is 266 g/mol. The molecule has 1 aliphatic rings. The van der Waals surface area contributed by atoms with Crippen LogP contribution < -0.4 is 0 Å². The number of hydrogen-bond acceptors (Lipinski definition) is 4. The van der Waals surface area contributed by atoms with Gasteiger partial charge in [-0.2, -0.15) is 0 Å². The summed E-state index contributed by atoms with van der Waals surface area (Å²) in [6.45, 7) is 2.05. The minimum absolute atomic E-state index is 0.281. The van der Waals surface area contributed by atoms with E-state index in [0.29, 0.717) is 18.1 Å². The van der Waals surface area contributed by atoms with E-state index in [9.17, 15) is 4.79 Å². The summed E-state index contributed by atoms with van der Waals surface area (Å²) in [5.74, 6) is 0.620. The Bertz CT molecular complexity index is 694. The van der Waals surface area contributed by atoms with Crippen LogP contribution in [0.25, 0.3) is 6.08 Å². The number of furan rings is 1. The van der Waals surface area contributed by atoms with Crippen molar-refractivity contribution in [3.8, 4) is 0 Å². The zero-order valence-electron chi connectivity index (χ0n) is 11.7. The summed E-state index contributed by atoms with van der Waals surface area (Å²) in [4.78, 5) is 15.9. The maximum absolute atomic E-state index is 11.7. The van der Waals surface area contributed by atoms with Gasteiger partial charge in [-0.25, -0.2) is 9.79 Å². The van der Waals surface area contributed by atoms with Gasteiger partial charge in [0.2, 0.25) is 0 Å². The smallest absolute Gasteiger partial charge is 0.363 e. The van der Waals surface area contributed by atoms with Crippen LogP contribution in [0.2, 0.25) is 0 Å². The van der Waals surface area contributed by atoms with Crippen LogP contribution in [0.1, 0.15) is 23.3 Å². The van der Waals surface area contributed by atoms with E-state index in [4.69, 9.17) is 9.15 Å². The van der Waals surface area contributed by atoms with Gasteiger partial charge in [-0.1, -0.05) is 29.8 Å². The molecule has 2 heterocycles. The van der Waals surface area contributed by atoms with E-state index >= 15 is 0 Å². The number of benzene rings is 1. The van der Waals surface area contributed by atoms with Gasteiger partial charge in [0.25, 0.3) is 0 Å². The summed E-state index contributed by atoms with van der Waals surface area (Å²) in [6.07, 6.45) is 4.53. The molecule has 2 aromatic rings. The molecule has 0 spiro atoms. The van der Waals surface area contributed by atoms with Crippen LogP contribution in [0.15, 0.2) is 57.8 Å². The summed E-state index contributed by atoms with van der Waals surface area (Å²) in [7, 11) is 0. The average molecular weight is 281 g/mol. The van der Waals surface area contributed by atoms with Crippen LogP contribution in [0.5, 0.6) is 0 Å². The Labute approximate surface area is 122 Å². The van der Waals surface area contributed by atoms with E-state index in [1.165, 1.54) is 11.1 Å². The lowest BCUT2D eigenvalue weighted by molar-refractivity contribution is -0.130. The number of esters is 1. The number of carbonyl (C=O) groups excluding carboxylic acids is 1. The highest BCUT2D eigenvalue weighted by molar-refractivity contribution is 6.07. The second-order valence-electron chi connectivity index (χ2n) is 4.93. The molecule has 0 bridgehead atoms. The minimum atomic E-state index is -0.426. The Morgan fingerprint density at radius 3 is 2.67 bits per heavy atom. The van der Waals surface area contributed by atoms with Gasteiger partial charge in [0.15, 0.2) is 11.6 Å². The molecule has 106 valence electrons. The Morgan fingerprint density at radius 2 is 1.95 bits per heavy atom. The van der Waals surface area contributed by atoms with Crippen molar-refractivity contribution < 1.29 is 13.9 Å². The van der Waals surface area contributed by atoms with Crippen LogP contribution in [0, 0.1) is 6.92 Å². The third-order valence-electron chi connectivity index (χ3n) is 3.24. The van der Waals surface area contributed by atoms with Gasteiger partial charge in [0.05, 0.1) is 6.26 Å². The molecule has 1 aliphatic heterocycles. The van der Waals surface area contributed by atoms with Gasteiger partial charge in [-0.3, -0.25) is 0 Å². The van der Waals surface area contributed by atoms with Crippen LogP contribution >= 0.6 is 0 Å². The standard InChI is InChI=1S/C17H15NO3/c1-12-4-6-13(7-5-12)8-9-16-18-15(17(19)21-16)11-14-3-2-10-20-14/h2-7,10-11H,8-9H2,1H3/b15-11+. The predicted octanol–water partition coefficient (Wildman–Crippen LogP) is 3.52. The first kappa shape index (κ1) is 13.4. The van der Waals surface area contributed by atoms with E-state index in [1.54, 1.807) is 24.5 Å². The lowest BCUT2D eigenvalue weighted by atomic mass is 10.1. The fourth-order valence-electron chi connectivity index (χ4n) is 2.07. The Balaban J connectivity index is 1.66. The first-order valence-electron chi connectivity index (χ1n) is 6.81. The Hall–Kier alpha value is -2.62. The monoisotopic (exact) mass is 281 g/mol. The number of rotatable bonds is 4. The third kappa shape index (κ3) is 3.28. The molecule has 1 aromatic carbocycles. The van der Waals surface area contributed by atoms with E-state index in [2.05, 4.69) is 36.2 Å². The molecule has 4 heteroatoms. The van der Waals surface area contributed by atoms with Gasteiger partial charge in [0.1, 0.15) is 5.76 Å².